The van der Waals surface area contributed by atoms with Crippen molar-refractivity contribution in [2.24, 2.45) is 0 Å². The summed E-state index contributed by atoms with van der Waals surface area (Å²) in [4.78, 5) is 42.3. The third-order valence-corrected chi connectivity index (χ3v) is 4.73. The lowest BCUT2D eigenvalue weighted by molar-refractivity contribution is 0.00689. The number of fused-ring (bicyclic) bond motifs is 1. The van der Waals surface area contributed by atoms with Crippen molar-refractivity contribution in [3.8, 4) is 0 Å². The fourth-order valence-electron chi connectivity index (χ4n) is 3.43. The van der Waals surface area contributed by atoms with Crippen molar-refractivity contribution in [2.75, 3.05) is 7.05 Å². The summed E-state index contributed by atoms with van der Waals surface area (Å²) in [5.74, 6) is -0.958. The molecular weight excluding hydrogens is 434 g/mol. The summed E-state index contributed by atoms with van der Waals surface area (Å²) >= 11 is 0. The Labute approximate surface area is 199 Å². The van der Waals surface area contributed by atoms with E-state index in [0.29, 0.717) is 11.2 Å². The van der Waals surface area contributed by atoms with Crippen LogP contribution in [0.4, 0.5) is 4.79 Å². The van der Waals surface area contributed by atoms with Crippen LogP contribution in [0, 0.1) is 0 Å². The van der Waals surface area contributed by atoms with Gasteiger partial charge in [-0.15, -0.1) is 0 Å². The van der Waals surface area contributed by atoms with Gasteiger partial charge in [-0.2, -0.15) is 0 Å². The van der Waals surface area contributed by atoms with Crippen molar-refractivity contribution in [3.05, 3.63) is 65.1 Å². The quantitative estimate of drug-likeness (QED) is 0.560. The van der Waals surface area contributed by atoms with E-state index >= 15 is 0 Å². The number of nitrogens with zero attached hydrogens (tertiary/aromatic N) is 2. The van der Waals surface area contributed by atoms with Crippen LogP contribution < -0.4 is 5.32 Å². The topological polar surface area (TPSA) is 99.5 Å². The average Bonchev–Trinajstić information content (AvgIpc) is 3.09. The Morgan fingerprint density at radius 1 is 0.971 bits per heavy atom. The summed E-state index contributed by atoms with van der Waals surface area (Å²) in [6.45, 7) is 10.8. The number of esters is 1. The smallest absolute Gasteiger partial charge is 0.419 e. The van der Waals surface area contributed by atoms with Gasteiger partial charge in [0.1, 0.15) is 16.9 Å². The number of amides is 1. The van der Waals surface area contributed by atoms with Gasteiger partial charge in [0, 0.05) is 30.7 Å². The van der Waals surface area contributed by atoms with Crippen molar-refractivity contribution in [1.29, 1.82) is 0 Å². The zero-order valence-corrected chi connectivity index (χ0v) is 20.7. The summed E-state index contributed by atoms with van der Waals surface area (Å²) in [5, 5.41) is 3.38. The molecule has 1 amide bonds. The number of para-hydroxylation sites is 1. The molecule has 3 rings (SSSR count). The normalized spacial score (nSPS) is 11.9. The lowest BCUT2D eigenvalue weighted by Gasteiger charge is -2.20. The number of nitrogens with one attached hydrogen (secondary N) is 1. The van der Waals surface area contributed by atoms with Crippen LogP contribution in [0.3, 0.4) is 0 Å². The molecule has 1 aromatic carbocycles. The molecule has 3 aromatic rings. The standard InChI is InChI=1S/C26H31N3O5/c1-25(2,3)33-23(31)16-12-18(28-20(14-16)22(30)27-7)13-17-15-29(24(32)34-26(4,5)6)21-11-9-8-10-19(17)21/h8-12,14-15H,13H2,1-7H3,(H,27,30). The molecule has 0 saturated carbocycles. The van der Waals surface area contributed by atoms with E-state index in [0.717, 1.165) is 10.9 Å². The molecule has 8 heteroatoms. The van der Waals surface area contributed by atoms with Gasteiger partial charge in [-0.1, -0.05) is 18.2 Å². The van der Waals surface area contributed by atoms with E-state index < -0.39 is 29.2 Å². The number of benzene rings is 1. The van der Waals surface area contributed by atoms with E-state index in [2.05, 4.69) is 10.3 Å². The Morgan fingerprint density at radius 3 is 2.24 bits per heavy atom. The van der Waals surface area contributed by atoms with Gasteiger partial charge in [0.05, 0.1) is 11.1 Å². The van der Waals surface area contributed by atoms with E-state index in [9.17, 15) is 14.4 Å². The number of hydrogen-bond donors (Lipinski definition) is 1. The Balaban J connectivity index is 2.05. The number of ether oxygens (including phenoxy) is 2. The van der Waals surface area contributed by atoms with Crippen molar-refractivity contribution in [1.82, 2.24) is 14.9 Å². The molecule has 2 heterocycles. The van der Waals surface area contributed by atoms with Crippen molar-refractivity contribution in [2.45, 2.75) is 59.2 Å². The highest BCUT2D eigenvalue weighted by atomic mass is 16.6. The van der Waals surface area contributed by atoms with Gasteiger partial charge in [0.25, 0.3) is 5.91 Å². The zero-order chi connectivity index (χ0) is 25.3. The second kappa shape index (κ2) is 9.29. The highest BCUT2D eigenvalue weighted by molar-refractivity contribution is 5.97. The summed E-state index contributed by atoms with van der Waals surface area (Å²) < 4.78 is 12.5. The van der Waals surface area contributed by atoms with Gasteiger partial charge in [-0.05, 0) is 65.3 Å². The first kappa shape index (κ1) is 25.0. The first-order valence-electron chi connectivity index (χ1n) is 11.1. The van der Waals surface area contributed by atoms with Gasteiger partial charge < -0.3 is 14.8 Å². The third-order valence-electron chi connectivity index (χ3n) is 4.73. The first-order chi connectivity index (χ1) is 15.8. The Morgan fingerprint density at radius 2 is 1.62 bits per heavy atom. The van der Waals surface area contributed by atoms with Crippen LogP contribution in [0.2, 0.25) is 0 Å². The largest absolute Gasteiger partial charge is 0.456 e. The minimum absolute atomic E-state index is 0.108. The molecule has 0 radical (unpaired) electrons. The molecule has 0 aliphatic heterocycles. The van der Waals surface area contributed by atoms with Crippen LogP contribution in [-0.4, -0.2) is 45.8 Å². The van der Waals surface area contributed by atoms with Crippen LogP contribution in [-0.2, 0) is 15.9 Å². The first-order valence-corrected chi connectivity index (χ1v) is 11.1. The summed E-state index contributed by atoms with van der Waals surface area (Å²) in [6, 6.07) is 10.5. The van der Waals surface area contributed by atoms with Gasteiger partial charge in [0.2, 0.25) is 0 Å². The second-order valence-corrected chi connectivity index (χ2v) is 10.0. The van der Waals surface area contributed by atoms with E-state index in [1.807, 2.05) is 45.0 Å². The number of hydrogen-bond acceptors (Lipinski definition) is 6. The molecular formula is C26H31N3O5. The Kier molecular flexibility index (Phi) is 6.82. The molecule has 34 heavy (non-hydrogen) atoms. The highest BCUT2D eigenvalue weighted by Gasteiger charge is 2.23. The maximum absolute atomic E-state index is 12.8. The number of carbonyl (C=O) groups excluding carboxylic acids is 3. The van der Waals surface area contributed by atoms with Crippen LogP contribution in [0.15, 0.2) is 42.6 Å². The number of rotatable bonds is 4. The fraction of sp³-hybridized carbons (Fsp3) is 0.385. The summed E-state index contributed by atoms with van der Waals surface area (Å²) in [6.07, 6.45) is 1.51. The summed E-state index contributed by atoms with van der Waals surface area (Å²) in [5.41, 5.74) is 1.00. The molecule has 8 nitrogen and oxygen atoms in total. The van der Waals surface area contributed by atoms with Gasteiger partial charge in [-0.3, -0.25) is 9.36 Å². The molecule has 0 saturated heterocycles. The SMILES string of the molecule is CNC(=O)c1cc(C(=O)OC(C)(C)C)cc(Cc2cn(C(=O)OC(C)(C)C)c3ccccc23)n1. The average molecular weight is 466 g/mol. The van der Waals surface area contributed by atoms with Crippen molar-refractivity contribution >= 4 is 28.9 Å². The van der Waals surface area contributed by atoms with Gasteiger partial charge in [-0.25, -0.2) is 14.6 Å². The van der Waals surface area contributed by atoms with Crippen molar-refractivity contribution < 1.29 is 23.9 Å². The van der Waals surface area contributed by atoms with Crippen LogP contribution in [0.5, 0.6) is 0 Å². The van der Waals surface area contributed by atoms with Crippen LogP contribution in [0.25, 0.3) is 10.9 Å². The molecule has 0 fully saturated rings. The van der Waals surface area contributed by atoms with E-state index in [1.54, 1.807) is 33.0 Å². The number of aromatic nitrogens is 2. The predicted octanol–water partition coefficient (Wildman–Crippen LogP) is 4.73. The maximum atomic E-state index is 12.8. The van der Waals surface area contributed by atoms with Crippen LogP contribution >= 0.6 is 0 Å². The van der Waals surface area contributed by atoms with E-state index in [4.69, 9.17) is 9.47 Å². The number of pyridine rings is 1. The zero-order valence-electron chi connectivity index (χ0n) is 20.7. The molecule has 0 atom stereocenters. The molecule has 0 aliphatic rings. The van der Waals surface area contributed by atoms with Crippen molar-refractivity contribution in [3.63, 3.8) is 0 Å². The molecule has 0 spiro atoms. The van der Waals surface area contributed by atoms with Gasteiger partial charge >= 0.3 is 12.1 Å². The van der Waals surface area contributed by atoms with E-state index in [1.165, 1.54) is 17.7 Å². The second-order valence-electron chi connectivity index (χ2n) is 10.0. The molecule has 0 aliphatic carbocycles. The number of carbonyl (C=O) groups is 3. The Bertz CT molecular complexity index is 1250. The molecule has 2 aromatic heterocycles. The Hall–Kier alpha value is -3.68. The lowest BCUT2D eigenvalue weighted by Crippen LogP contribution is -2.26. The monoisotopic (exact) mass is 465 g/mol. The molecule has 0 unspecified atom stereocenters. The molecule has 1 N–H and O–H groups in total. The third kappa shape index (κ3) is 6.01. The lowest BCUT2D eigenvalue weighted by atomic mass is 10.1. The predicted molar refractivity (Wildman–Crippen MR) is 129 cm³/mol. The summed E-state index contributed by atoms with van der Waals surface area (Å²) in [7, 11) is 1.50. The molecule has 180 valence electrons. The molecule has 0 bridgehead atoms. The minimum Gasteiger partial charge on any atom is -0.456 e. The van der Waals surface area contributed by atoms with Gasteiger partial charge in [0.15, 0.2) is 0 Å². The van der Waals surface area contributed by atoms with E-state index in [-0.39, 0.29) is 17.7 Å². The maximum Gasteiger partial charge on any atom is 0.419 e. The highest BCUT2D eigenvalue weighted by Crippen LogP contribution is 2.25. The fourth-order valence-corrected chi connectivity index (χ4v) is 3.43. The minimum atomic E-state index is -0.686. The van der Waals surface area contributed by atoms with Crippen LogP contribution in [0.1, 0.15) is 73.6 Å².